The zero-order valence-corrected chi connectivity index (χ0v) is 10.5. The maximum atomic E-state index is 6.24. The molecule has 1 atom stereocenters. The van der Waals surface area contributed by atoms with Crippen molar-refractivity contribution in [3.05, 3.63) is 29.3 Å². The average molecular weight is 240 g/mol. The Hall–Kier alpha value is -0.600. The number of rotatable bonds is 3. The largest absolute Gasteiger partial charge is 0.241 e. The molecule has 0 fully saturated rings. The molecule has 0 saturated carbocycles. The number of hydrogen-bond donors (Lipinski definition) is 0. The van der Waals surface area contributed by atoms with Crippen molar-refractivity contribution < 1.29 is 0 Å². The Kier molecular flexibility index (Phi) is 3.27. The fourth-order valence-corrected chi connectivity index (χ4v) is 2.67. The van der Waals surface area contributed by atoms with Crippen molar-refractivity contribution in [2.75, 3.05) is 0 Å². The first-order valence-electron chi connectivity index (χ1n) is 5.15. The van der Waals surface area contributed by atoms with E-state index in [4.69, 9.17) is 11.6 Å². The minimum atomic E-state index is 0.186. The lowest BCUT2D eigenvalue weighted by atomic mass is 10.1. The molecular formula is C12H14ClNS. The van der Waals surface area contributed by atoms with Gasteiger partial charge in [0.25, 0.3) is 0 Å². The number of aromatic nitrogens is 1. The minimum absolute atomic E-state index is 0.186. The third kappa shape index (κ3) is 2.50. The first-order chi connectivity index (χ1) is 7.16. The van der Waals surface area contributed by atoms with Crippen molar-refractivity contribution in [1.82, 2.24) is 4.98 Å². The second-order valence-electron chi connectivity index (χ2n) is 4.04. The summed E-state index contributed by atoms with van der Waals surface area (Å²) in [5.74, 6) is 0.499. The molecule has 0 spiro atoms. The summed E-state index contributed by atoms with van der Waals surface area (Å²) in [6.45, 7) is 4.29. The summed E-state index contributed by atoms with van der Waals surface area (Å²) >= 11 is 7.99. The lowest BCUT2D eigenvalue weighted by Crippen LogP contribution is -2.10. The van der Waals surface area contributed by atoms with Crippen LogP contribution in [0.4, 0.5) is 0 Å². The monoisotopic (exact) mass is 239 g/mol. The summed E-state index contributed by atoms with van der Waals surface area (Å²) < 4.78 is 1.25. The number of halogens is 1. The van der Waals surface area contributed by atoms with Gasteiger partial charge in [0, 0.05) is 11.8 Å². The van der Waals surface area contributed by atoms with Crippen LogP contribution in [0.25, 0.3) is 10.2 Å². The molecule has 0 bridgehead atoms. The van der Waals surface area contributed by atoms with Crippen LogP contribution < -0.4 is 0 Å². The Bertz CT molecular complexity index is 417. The highest BCUT2D eigenvalue weighted by molar-refractivity contribution is 7.18. The van der Waals surface area contributed by atoms with Crippen LogP contribution in [0.5, 0.6) is 0 Å². The molecule has 1 heterocycles. The molecule has 0 aliphatic rings. The van der Waals surface area contributed by atoms with Crippen LogP contribution in [0, 0.1) is 5.92 Å². The van der Waals surface area contributed by atoms with E-state index < -0.39 is 0 Å². The van der Waals surface area contributed by atoms with E-state index in [1.54, 1.807) is 11.3 Å². The SMILES string of the molecule is CC(C)C(Cl)Cc1nc2ccccc2s1. The molecule has 15 heavy (non-hydrogen) atoms. The first kappa shape index (κ1) is 10.9. The molecule has 0 N–H and O–H groups in total. The quantitative estimate of drug-likeness (QED) is 0.735. The normalized spacial score (nSPS) is 13.6. The van der Waals surface area contributed by atoms with E-state index >= 15 is 0 Å². The molecule has 1 aromatic heterocycles. The second kappa shape index (κ2) is 4.50. The van der Waals surface area contributed by atoms with E-state index in [-0.39, 0.29) is 5.38 Å². The summed E-state index contributed by atoms with van der Waals surface area (Å²) in [4.78, 5) is 4.57. The number of nitrogens with zero attached hydrogens (tertiary/aromatic N) is 1. The number of fused-ring (bicyclic) bond motifs is 1. The third-order valence-corrected chi connectivity index (χ3v) is 4.15. The number of thiazole rings is 1. The predicted molar refractivity (Wildman–Crippen MR) is 67.8 cm³/mol. The molecule has 2 aromatic rings. The fraction of sp³-hybridized carbons (Fsp3) is 0.417. The van der Waals surface area contributed by atoms with Gasteiger partial charge >= 0.3 is 0 Å². The van der Waals surface area contributed by atoms with Crippen LogP contribution in [-0.2, 0) is 6.42 Å². The summed E-state index contributed by atoms with van der Waals surface area (Å²) in [6.07, 6.45) is 0.874. The first-order valence-corrected chi connectivity index (χ1v) is 6.40. The van der Waals surface area contributed by atoms with Crippen LogP contribution in [0.3, 0.4) is 0 Å². The van der Waals surface area contributed by atoms with Gasteiger partial charge in [0.2, 0.25) is 0 Å². The summed E-state index contributed by atoms with van der Waals surface area (Å²) in [5, 5.41) is 1.33. The van der Waals surface area contributed by atoms with Gasteiger partial charge in [0.15, 0.2) is 0 Å². The van der Waals surface area contributed by atoms with Gasteiger partial charge in [-0.2, -0.15) is 0 Å². The van der Waals surface area contributed by atoms with E-state index in [0.29, 0.717) is 5.92 Å². The molecule has 80 valence electrons. The van der Waals surface area contributed by atoms with Crippen LogP contribution in [0.1, 0.15) is 18.9 Å². The number of alkyl halides is 1. The smallest absolute Gasteiger partial charge is 0.0953 e. The van der Waals surface area contributed by atoms with E-state index in [0.717, 1.165) is 16.9 Å². The highest BCUT2D eigenvalue weighted by Crippen LogP contribution is 2.25. The van der Waals surface area contributed by atoms with Crippen LogP contribution in [-0.4, -0.2) is 10.4 Å². The topological polar surface area (TPSA) is 12.9 Å². The van der Waals surface area contributed by atoms with Gasteiger partial charge in [0.1, 0.15) is 0 Å². The van der Waals surface area contributed by atoms with Gasteiger partial charge in [-0.1, -0.05) is 26.0 Å². The van der Waals surface area contributed by atoms with Gasteiger partial charge in [-0.15, -0.1) is 22.9 Å². The van der Waals surface area contributed by atoms with Gasteiger partial charge in [-0.3, -0.25) is 0 Å². The molecule has 1 nitrogen and oxygen atoms in total. The Labute approximate surface area is 99.1 Å². The highest BCUT2D eigenvalue weighted by atomic mass is 35.5. The van der Waals surface area contributed by atoms with Gasteiger partial charge in [-0.05, 0) is 18.1 Å². The molecule has 0 radical (unpaired) electrons. The maximum absolute atomic E-state index is 6.24. The molecule has 1 unspecified atom stereocenters. The van der Waals surface area contributed by atoms with E-state index in [2.05, 4.69) is 24.9 Å². The highest BCUT2D eigenvalue weighted by Gasteiger charge is 2.13. The third-order valence-electron chi connectivity index (χ3n) is 2.43. The summed E-state index contributed by atoms with van der Waals surface area (Å²) in [5.41, 5.74) is 1.09. The summed E-state index contributed by atoms with van der Waals surface area (Å²) in [7, 11) is 0. The van der Waals surface area contributed by atoms with Crippen molar-refractivity contribution in [3.8, 4) is 0 Å². The van der Waals surface area contributed by atoms with Crippen molar-refractivity contribution in [3.63, 3.8) is 0 Å². The van der Waals surface area contributed by atoms with Crippen molar-refractivity contribution in [1.29, 1.82) is 0 Å². The standard InChI is InChI=1S/C12H14ClNS/c1-8(2)9(13)7-12-14-10-5-3-4-6-11(10)15-12/h3-6,8-9H,7H2,1-2H3. The molecule has 0 amide bonds. The van der Waals surface area contributed by atoms with Crippen molar-refractivity contribution in [2.24, 2.45) is 5.92 Å². The molecule has 0 aliphatic carbocycles. The van der Waals surface area contributed by atoms with E-state index in [1.807, 2.05) is 18.2 Å². The molecular weight excluding hydrogens is 226 g/mol. The fourth-order valence-electron chi connectivity index (χ4n) is 1.41. The van der Waals surface area contributed by atoms with Gasteiger partial charge < -0.3 is 0 Å². The number of para-hydroxylation sites is 1. The molecule has 3 heteroatoms. The number of hydrogen-bond acceptors (Lipinski definition) is 2. The minimum Gasteiger partial charge on any atom is -0.241 e. The Morgan fingerprint density at radius 3 is 2.73 bits per heavy atom. The zero-order chi connectivity index (χ0) is 10.8. The predicted octanol–water partition coefficient (Wildman–Crippen LogP) is 4.10. The van der Waals surface area contributed by atoms with E-state index in [1.165, 1.54) is 4.70 Å². The van der Waals surface area contributed by atoms with Crippen LogP contribution in [0.2, 0.25) is 0 Å². The Balaban J connectivity index is 2.22. The molecule has 2 rings (SSSR count). The molecule has 0 aliphatic heterocycles. The Morgan fingerprint density at radius 2 is 2.07 bits per heavy atom. The molecule has 0 saturated heterocycles. The maximum Gasteiger partial charge on any atom is 0.0953 e. The van der Waals surface area contributed by atoms with Crippen molar-refractivity contribution in [2.45, 2.75) is 25.6 Å². The zero-order valence-electron chi connectivity index (χ0n) is 8.90. The second-order valence-corrected chi connectivity index (χ2v) is 5.72. The molecule has 1 aromatic carbocycles. The van der Waals surface area contributed by atoms with Gasteiger partial charge in [-0.25, -0.2) is 4.98 Å². The van der Waals surface area contributed by atoms with Crippen LogP contribution in [0.15, 0.2) is 24.3 Å². The Morgan fingerprint density at radius 1 is 1.33 bits per heavy atom. The van der Waals surface area contributed by atoms with Gasteiger partial charge in [0.05, 0.1) is 15.2 Å². The van der Waals surface area contributed by atoms with Crippen molar-refractivity contribution >= 4 is 33.2 Å². The van der Waals surface area contributed by atoms with E-state index in [9.17, 15) is 0 Å². The summed E-state index contributed by atoms with van der Waals surface area (Å²) in [6, 6.07) is 8.22. The average Bonchev–Trinajstić information content (AvgIpc) is 2.59. The number of benzene rings is 1. The van der Waals surface area contributed by atoms with Crippen LogP contribution >= 0.6 is 22.9 Å². The lowest BCUT2D eigenvalue weighted by Gasteiger charge is -2.10. The lowest BCUT2D eigenvalue weighted by molar-refractivity contribution is 0.595.